The molecule has 1 heterocycles. The van der Waals surface area contributed by atoms with Gasteiger partial charge in [0.15, 0.2) is 0 Å². The molecule has 2 N–H and O–H groups in total. The van der Waals surface area contributed by atoms with Crippen molar-refractivity contribution in [2.45, 2.75) is 52.6 Å². The summed E-state index contributed by atoms with van der Waals surface area (Å²) >= 11 is 0. The summed E-state index contributed by atoms with van der Waals surface area (Å²) in [6.07, 6.45) is -0.439. The number of amides is 1. The van der Waals surface area contributed by atoms with E-state index in [9.17, 15) is 4.79 Å². The van der Waals surface area contributed by atoms with Crippen molar-refractivity contribution in [1.82, 2.24) is 10.2 Å². The largest absolute Gasteiger partial charge is 0.444 e. The van der Waals surface area contributed by atoms with Crippen LogP contribution in [0, 0.1) is 11.5 Å². The van der Waals surface area contributed by atoms with Crippen molar-refractivity contribution >= 4 is 19.9 Å². The lowest BCUT2D eigenvalue weighted by molar-refractivity contribution is 0.0636. The third-order valence-electron chi connectivity index (χ3n) is 3.84. The van der Waals surface area contributed by atoms with Crippen molar-refractivity contribution in [2.75, 3.05) is 31.5 Å². The van der Waals surface area contributed by atoms with Gasteiger partial charge in [0.2, 0.25) is 0 Å². The van der Waals surface area contributed by atoms with Crippen molar-refractivity contribution in [3.63, 3.8) is 0 Å². The lowest BCUT2D eigenvalue weighted by atomic mass is 10.1. The van der Waals surface area contributed by atoms with Gasteiger partial charge < -0.3 is 10.1 Å². The number of anilines is 1. The SMILES string of the molecule is CC(C)(C)OC(=O)Nc1cc(C#C[Si](C)(C)C)cc(CN2CCNCC2)c1. The van der Waals surface area contributed by atoms with Gasteiger partial charge in [-0.2, -0.15) is 0 Å². The predicted octanol–water partition coefficient (Wildman–Crippen LogP) is 3.67. The second-order valence-electron chi connectivity index (χ2n) is 9.07. The van der Waals surface area contributed by atoms with E-state index in [-0.39, 0.29) is 0 Å². The highest BCUT2D eigenvalue weighted by Gasteiger charge is 2.17. The Morgan fingerprint density at radius 2 is 1.89 bits per heavy atom. The number of hydrogen-bond donors (Lipinski definition) is 2. The molecule has 6 heteroatoms. The Balaban J connectivity index is 2.23. The van der Waals surface area contributed by atoms with Crippen LogP contribution in [0.5, 0.6) is 0 Å². The third kappa shape index (κ3) is 8.61. The van der Waals surface area contributed by atoms with Crippen LogP contribution >= 0.6 is 0 Å². The molecule has 5 nitrogen and oxygen atoms in total. The molecule has 2 rings (SSSR count). The van der Waals surface area contributed by atoms with Gasteiger partial charge in [0.25, 0.3) is 0 Å². The monoisotopic (exact) mass is 387 g/mol. The lowest BCUT2D eigenvalue weighted by Gasteiger charge is -2.27. The molecule has 1 aromatic rings. The second kappa shape index (κ2) is 8.92. The Bertz CT molecular complexity index is 718. The summed E-state index contributed by atoms with van der Waals surface area (Å²) in [4.78, 5) is 14.6. The zero-order chi connectivity index (χ0) is 20.1. The third-order valence-corrected chi connectivity index (χ3v) is 4.71. The van der Waals surface area contributed by atoms with Crippen LogP contribution in [0.25, 0.3) is 0 Å². The van der Waals surface area contributed by atoms with Gasteiger partial charge in [-0.15, -0.1) is 5.54 Å². The van der Waals surface area contributed by atoms with Gasteiger partial charge >= 0.3 is 6.09 Å². The van der Waals surface area contributed by atoms with Crippen molar-refractivity contribution in [2.24, 2.45) is 0 Å². The van der Waals surface area contributed by atoms with E-state index in [0.717, 1.165) is 49.5 Å². The Morgan fingerprint density at radius 1 is 1.22 bits per heavy atom. The minimum Gasteiger partial charge on any atom is -0.444 e. The van der Waals surface area contributed by atoms with E-state index in [2.05, 4.69) is 52.7 Å². The molecule has 0 bridgehead atoms. The van der Waals surface area contributed by atoms with E-state index in [1.54, 1.807) is 0 Å². The standard InChI is InChI=1S/C21H33N3O2Si/c1-21(2,3)26-20(25)23-19-14-17(7-12-27(4,5)6)13-18(15-19)16-24-10-8-22-9-11-24/h13-15,22H,8-11,16H2,1-6H3,(H,23,25). The molecule has 0 atom stereocenters. The minimum atomic E-state index is -1.47. The molecule has 1 fully saturated rings. The Labute approximate surface area is 164 Å². The predicted molar refractivity (Wildman–Crippen MR) is 115 cm³/mol. The molecule has 1 aromatic carbocycles. The van der Waals surface area contributed by atoms with E-state index < -0.39 is 19.8 Å². The quantitative estimate of drug-likeness (QED) is 0.614. The molecule has 148 valence electrons. The van der Waals surface area contributed by atoms with Crippen LogP contribution in [0.3, 0.4) is 0 Å². The fraction of sp³-hybridized carbons (Fsp3) is 0.571. The molecule has 1 amide bonds. The Kier molecular flexibility index (Phi) is 7.10. The van der Waals surface area contributed by atoms with E-state index in [1.165, 1.54) is 0 Å². The number of hydrogen-bond acceptors (Lipinski definition) is 4. The van der Waals surface area contributed by atoms with Crippen molar-refractivity contribution in [3.8, 4) is 11.5 Å². The zero-order valence-corrected chi connectivity index (χ0v) is 18.5. The first-order valence-electron chi connectivity index (χ1n) is 9.60. The summed E-state index contributed by atoms with van der Waals surface area (Å²) in [5, 5.41) is 6.24. The molecule has 0 radical (unpaired) electrons. The van der Waals surface area contributed by atoms with Crippen LogP contribution in [0.15, 0.2) is 18.2 Å². The fourth-order valence-electron chi connectivity index (χ4n) is 2.74. The van der Waals surface area contributed by atoms with Crippen LogP contribution in [-0.4, -0.2) is 50.8 Å². The van der Waals surface area contributed by atoms with Gasteiger partial charge in [-0.1, -0.05) is 25.6 Å². The molecule has 27 heavy (non-hydrogen) atoms. The van der Waals surface area contributed by atoms with Crippen LogP contribution in [0.2, 0.25) is 19.6 Å². The number of benzene rings is 1. The number of carbonyl (C=O) groups is 1. The maximum atomic E-state index is 12.2. The first-order chi connectivity index (χ1) is 12.5. The number of nitrogens with zero attached hydrogens (tertiary/aromatic N) is 1. The first kappa shape index (κ1) is 21.5. The smallest absolute Gasteiger partial charge is 0.412 e. The molecule has 1 aliphatic heterocycles. The normalized spacial score (nSPS) is 15.6. The first-order valence-corrected chi connectivity index (χ1v) is 13.1. The minimum absolute atomic E-state index is 0.439. The molecule has 1 saturated heterocycles. The van der Waals surface area contributed by atoms with Gasteiger partial charge in [0.05, 0.1) is 0 Å². The molecule has 0 aromatic heterocycles. The number of piperazine rings is 1. The number of rotatable bonds is 3. The van der Waals surface area contributed by atoms with E-state index >= 15 is 0 Å². The highest BCUT2D eigenvalue weighted by molar-refractivity contribution is 6.83. The van der Waals surface area contributed by atoms with Gasteiger partial charge in [-0.05, 0) is 44.5 Å². The highest BCUT2D eigenvalue weighted by Crippen LogP contribution is 2.18. The molecule has 0 aliphatic carbocycles. The lowest BCUT2D eigenvalue weighted by Crippen LogP contribution is -2.42. The summed E-state index contributed by atoms with van der Waals surface area (Å²) in [6, 6.07) is 6.08. The summed E-state index contributed by atoms with van der Waals surface area (Å²) in [6.45, 7) is 17.2. The van der Waals surface area contributed by atoms with Gasteiger partial charge in [-0.25, -0.2) is 4.79 Å². The van der Waals surface area contributed by atoms with Crippen LogP contribution < -0.4 is 10.6 Å². The fourth-order valence-corrected chi connectivity index (χ4v) is 3.26. The Morgan fingerprint density at radius 3 is 2.48 bits per heavy atom. The van der Waals surface area contributed by atoms with Crippen molar-refractivity contribution in [1.29, 1.82) is 0 Å². The molecule has 0 unspecified atom stereocenters. The molecule has 0 spiro atoms. The summed E-state index contributed by atoms with van der Waals surface area (Å²) in [5.41, 5.74) is 5.72. The number of carbonyl (C=O) groups excluding carboxylic acids is 1. The highest BCUT2D eigenvalue weighted by atomic mass is 28.3. The van der Waals surface area contributed by atoms with E-state index in [0.29, 0.717) is 0 Å². The molecule has 1 aliphatic rings. The van der Waals surface area contributed by atoms with E-state index in [4.69, 9.17) is 4.74 Å². The molecule has 0 saturated carbocycles. The summed E-state index contributed by atoms with van der Waals surface area (Å²) in [5.74, 6) is 3.31. The second-order valence-corrected chi connectivity index (χ2v) is 13.8. The van der Waals surface area contributed by atoms with Crippen LogP contribution in [0.4, 0.5) is 10.5 Å². The maximum absolute atomic E-state index is 12.2. The van der Waals surface area contributed by atoms with Crippen molar-refractivity contribution < 1.29 is 9.53 Å². The van der Waals surface area contributed by atoms with E-state index in [1.807, 2.05) is 32.9 Å². The zero-order valence-electron chi connectivity index (χ0n) is 17.5. The molecular weight excluding hydrogens is 354 g/mol. The topological polar surface area (TPSA) is 53.6 Å². The van der Waals surface area contributed by atoms with Crippen LogP contribution in [0.1, 0.15) is 31.9 Å². The number of nitrogens with one attached hydrogen (secondary N) is 2. The van der Waals surface area contributed by atoms with Crippen molar-refractivity contribution in [3.05, 3.63) is 29.3 Å². The number of ether oxygens (including phenoxy) is 1. The van der Waals surface area contributed by atoms with Crippen LogP contribution in [-0.2, 0) is 11.3 Å². The average molecular weight is 388 g/mol. The summed E-state index contributed by atoms with van der Waals surface area (Å²) in [7, 11) is -1.47. The van der Waals surface area contributed by atoms with Gasteiger partial charge in [0.1, 0.15) is 13.7 Å². The average Bonchev–Trinajstić information content (AvgIpc) is 2.51. The maximum Gasteiger partial charge on any atom is 0.412 e. The Hall–Kier alpha value is -1.81. The van der Waals surface area contributed by atoms with Gasteiger partial charge in [-0.3, -0.25) is 10.2 Å². The van der Waals surface area contributed by atoms with Gasteiger partial charge in [0, 0.05) is 44.0 Å². The molecular formula is C21H33N3O2Si. The summed E-state index contributed by atoms with van der Waals surface area (Å²) < 4.78 is 5.39.